The molecule has 2 aromatic carbocycles. The van der Waals surface area contributed by atoms with Gasteiger partial charge in [0, 0.05) is 0 Å². The first-order valence-electron chi connectivity index (χ1n) is 9.01. The van der Waals surface area contributed by atoms with Crippen molar-refractivity contribution in [3.8, 4) is 11.5 Å². The highest BCUT2D eigenvalue weighted by molar-refractivity contribution is 7.59. The molecule has 0 aliphatic carbocycles. The van der Waals surface area contributed by atoms with Crippen molar-refractivity contribution >= 4 is 27.0 Å². The maximum atomic E-state index is 9.71. The van der Waals surface area contributed by atoms with Crippen LogP contribution in [0.5, 0.6) is 11.5 Å². The van der Waals surface area contributed by atoms with E-state index in [1.807, 2.05) is 38.1 Å². The Labute approximate surface area is 172 Å². The van der Waals surface area contributed by atoms with Crippen LogP contribution in [0.15, 0.2) is 36.4 Å². The van der Waals surface area contributed by atoms with Crippen molar-refractivity contribution in [2.24, 2.45) is 11.8 Å². The van der Waals surface area contributed by atoms with E-state index in [-0.39, 0.29) is 27.0 Å². The van der Waals surface area contributed by atoms with E-state index in [1.165, 1.54) is 11.1 Å². The molecular formula is C22H34O2S2. The Morgan fingerprint density at radius 3 is 1.31 bits per heavy atom. The van der Waals surface area contributed by atoms with Crippen LogP contribution in [0.25, 0.3) is 0 Å². The summed E-state index contributed by atoms with van der Waals surface area (Å²) in [6.07, 6.45) is 4.39. The SMILES string of the molecule is CC[C@@H](Cc1ccc(O)c(C)c1)[C@@H](CC)Cc1ccc(O)c(C)c1.S.S. The average molecular weight is 395 g/mol. The summed E-state index contributed by atoms with van der Waals surface area (Å²) in [4.78, 5) is 0. The highest BCUT2D eigenvalue weighted by Gasteiger charge is 2.20. The van der Waals surface area contributed by atoms with Gasteiger partial charge in [-0.1, -0.05) is 51.0 Å². The van der Waals surface area contributed by atoms with Gasteiger partial charge in [0.25, 0.3) is 0 Å². The number of hydrogen-bond acceptors (Lipinski definition) is 2. The van der Waals surface area contributed by atoms with E-state index >= 15 is 0 Å². The van der Waals surface area contributed by atoms with Gasteiger partial charge in [-0.2, -0.15) is 27.0 Å². The molecule has 0 heterocycles. The largest absolute Gasteiger partial charge is 0.508 e. The van der Waals surface area contributed by atoms with E-state index < -0.39 is 0 Å². The molecule has 0 spiro atoms. The minimum Gasteiger partial charge on any atom is -0.508 e. The van der Waals surface area contributed by atoms with E-state index in [2.05, 4.69) is 26.0 Å². The third-order valence-electron chi connectivity index (χ3n) is 5.23. The van der Waals surface area contributed by atoms with Crippen molar-refractivity contribution in [1.82, 2.24) is 0 Å². The maximum Gasteiger partial charge on any atom is 0.118 e. The molecule has 0 bridgehead atoms. The smallest absolute Gasteiger partial charge is 0.118 e. The second-order valence-corrected chi connectivity index (χ2v) is 6.99. The Morgan fingerprint density at radius 2 is 1.04 bits per heavy atom. The molecule has 2 nitrogen and oxygen atoms in total. The lowest BCUT2D eigenvalue weighted by molar-refractivity contribution is 0.308. The molecule has 146 valence electrons. The van der Waals surface area contributed by atoms with Crippen molar-refractivity contribution in [1.29, 1.82) is 0 Å². The molecule has 2 atom stereocenters. The zero-order valence-electron chi connectivity index (χ0n) is 16.3. The molecule has 0 radical (unpaired) electrons. The first-order valence-corrected chi connectivity index (χ1v) is 9.01. The van der Waals surface area contributed by atoms with Gasteiger partial charge in [0.15, 0.2) is 0 Å². The minimum absolute atomic E-state index is 0. The predicted octanol–water partition coefficient (Wildman–Crippen LogP) is 5.78. The van der Waals surface area contributed by atoms with Gasteiger partial charge in [-0.15, -0.1) is 0 Å². The van der Waals surface area contributed by atoms with Crippen LogP contribution in [0.2, 0.25) is 0 Å². The van der Waals surface area contributed by atoms with Gasteiger partial charge in [-0.3, -0.25) is 0 Å². The van der Waals surface area contributed by atoms with Crippen LogP contribution < -0.4 is 0 Å². The fourth-order valence-corrected chi connectivity index (χ4v) is 3.58. The molecule has 0 unspecified atom stereocenters. The van der Waals surface area contributed by atoms with Crippen molar-refractivity contribution in [3.63, 3.8) is 0 Å². The summed E-state index contributed by atoms with van der Waals surface area (Å²) in [5, 5.41) is 19.4. The van der Waals surface area contributed by atoms with Gasteiger partial charge in [0.1, 0.15) is 11.5 Å². The second-order valence-electron chi connectivity index (χ2n) is 6.99. The van der Waals surface area contributed by atoms with Crippen LogP contribution in [0, 0.1) is 25.7 Å². The van der Waals surface area contributed by atoms with Crippen LogP contribution in [-0.2, 0) is 12.8 Å². The quantitative estimate of drug-likeness (QED) is 0.625. The van der Waals surface area contributed by atoms with Gasteiger partial charge < -0.3 is 10.2 Å². The van der Waals surface area contributed by atoms with Crippen LogP contribution in [0.3, 0.4) is 0 Å². The molecule has 2 N–H and O–H groups in total. The second kappa shape index (κ2) is 11.5. The summed E-state index contributed by atoms with van der Waals surface area (Å²) in [6.45, 7) is 8.44. The Bertz CT molecular complexity index is 626. The first-order chi connectivity index (χ1) is 11.4. The summed E-state index contributed by atoms with van der Waals surface area (Å²) in [7, 11) is 0. The summed E-state index contributed by atoms with van der Waals surface area (Å²) >= 11 is 0. The number of hydrogen-bond donors (Lipinski definition) is 2. The maximum absolute atomic E-state index is 9.71. The number of rotatable bonds is 7. The average Bonchev–Trinajstić information content (AvgIpc) is 2.57. The molecule has 26 heavy (non-hydrogen) atoms. The molecule has 0 amide bonds. The minimum atomic E-state index is 0. The number of aryl methyl sites for hydroxylation is 2. The third kappa shape index (κ3) is 6.48. The summed E-state index contributed by atoms with van der Waals surface area (Å²) in [5.41, 5.74) is 4.50. The van der Waals surface area contributed by atoms with E-state index in [9.17, 15) is 10.2 Å². The van der Waals surface area contributed by atoms with Crippen molar-refractivity contribution < 1.29 is 10.2 Å². The monoisotopic (exact) mass is 394 g/mol. The molecule has 0 aliphatic heterocycles. The van der Waals surface area contributed by atoms with E-state index in [4.69, 9.17) is 0 Å². The third-order valence-corrected chi connectivity index (χ3v) is 5.23. The number of benzene rings is 2. The molecule has 2 aromatic rings. The molecule has 0 aromatic heterocycles. The Morgan fingerprint density at radius 1 is 0.692 bits per heavy atom. The van der Waals surface area contributed by atoms with Gasteiger partial charge in [-0.25, -0.2) is 0 Å². The lowest BCUT2D eigenvalue weighted by atomic mass is 9.79. The van der Waals surface area contributed by atoms with Crippen LogP contribution in [0.4, 0.5) is 0 Å². The molecule has 4 heteroatoms. The van der Waals surface area contributed by atoms with Gasteiger partial charge in [-0.05, 0) is 72.9 Å². The lowest BCUT2D eigenvalue weighted by Crippen LogP contribution is -2.18. The fraction of sp³-hybridized carbons (Fsp3) is 0.455. The fourth-order valence-electron chi connectivity index (χ4n) is 3.58. The lowest BCUT2D eigenvalue weighted by Gasteiger charge is -2.26. The Hall–Kier alpha value is -1.26. The summed E-state index contributed by atoms with van der Waals surface area (Å²) in [6, 6.07) is 11.9. The van der Waals surface area contributed by atoms with E-state index in [1.54, 1.807) is 0 Å². The van der Waals surface area contributed by atoms with Gasteiger partial charge in [0.2, 0.25) is 0 Å². The van der Waals surface area contributed by atoms with Crippen molar-refractivity contribution in [2.45, 2.75) is 53.4 Å². The zero-order valence-corrected chi connectivity index (χ0v) is 18.3. The highest BCUT2D eigenvalue weighted by Crippen LogP contribution is 2.29. The first kappa shape index (κ1) is 24.7. The van der Waals surface area contributed by atoms with Crippen LogP contribution in [-0.4, -0.2) is 10.2 Å². The van der Waals surface area contributed by atoms with Crippen molar-refractivity contribution in [2.75, 3.05) is 0 Å². The molecule has 2 rings (SSSR count). The van der Waals surface area contributed by atoms with E-state index in [0.29, 0.717) is 23.3 Å². The normalized spacial score (nSPS) is 12.6. The van der Waals surface area contributed by atoms with Crippen molar-refractivity contribution in [3.05, 3.63) is 58.7 Å². The highest BCUT2D eigenvalue weighted by atomic mass is 32.1. The number of aromatic hydroxyl groups is 2. The molecular weight excluding hydrogens is 360 g/mol. The van der Waals surface area contributed by atoms with Gasteiger partial charge >= 0.3 is 0 Å². The van der Waals surface area contributed by atoms with Crippen LogP contribution in [0.1, 0.15) is 48.9 Å². The predicted molar refractivity (Wildman–Crippen MR) is 121 cm³/mol. The molecule has 0 saturated heterocycles. The number of phenolic OH excluding ortho intramolecular Hbond substituents is 2. The summed E-state index contributed by atoms with van der Waals surface area (Å²) < 4.78 is 0. The number of phenols is 2. The molecule has 0 saturated carbocycles. The Balaban J connectivity index is 0.00000312. The molecule has 0 aliphatic rings. The zero-order chi connectivity index (χ0) is 17.7. The Kier molecular flexibility index (Phi) is 10.9. The standard InChI is InChI=1S/C22H30O2.2H2S/c1-5-19(13-17-7-9-21(23)15(3)11-17)20(6-2)14-18-8-10-22(24)16(4)12-18;;/h7-12,19-20,23-24H,5-6,13-14H2,1-4H3;2*1H2/t19-,20-;;/m0../s1. The van der Waals surface area contributed by atoms with Gasteiger partial charge in [0.05, 0.1) is 0 Å². The van der Waals surface area contributed by atoms with E-state index in [0.717, 1.165) is 36.8 Å². The molecule has 0 fully saturated rings. The topological polar surface area (TPSA) is 40.5 Å². The van der Waals surface area contributed by atoms with Crippen LogP contribution >= 0.6 is 27.0 Å². The summed E-state index contributed by atoms with van der Waals surface area (Å²) in [5.74, 6) is 1.98.